The van der Waals surface area contributed by atoms with Crippen LogP contribution in [0.1, 0.15) is 19.2 Å². The molecule has 2 N–H and O–H groups in total. The van der Waals surface area contributed by atoms with Crippen molar-refractivity contribution in [3.05, 3.63) is 18.2 Å². The van der Waals surface area contributed by atoms with E-state index in [0.717, 1.165) is 51.6 Å². The fourth-order valence-electron chi connectivity index (χ4n) is 2.64. The summed E-state index contributed by atoms with van der Waals surface area (Å²) >= 11 is 0. The first kappa shape index (κ1) is 16.4. The number of piperazine rings is 1. The average molecular weight is 315 g/mol. The lowest BCUT2D eigenvalue weighted by atomic mass is 10.3. The number of hydrogen-bond donors (Lipinski definition) is 1. The van der Waals surface area contributed by atoms with Crippen molar-refractivity contribution in [3.63, 3.8) is 0 Å². The molecule has 1 aliphatic rings. The van der Waals surface area contributed by atoms with Crippen LogP contribution < -0.4 is 5.14 Å². The summed E-state index contributed by atoms with van der Waals surface area (Å²) < 4.78 is 24.0. The Labute approximate surface area is 126 Å². The molecular formula is C13H25N5O2S. The van der Waals surface area contributed by atoms with Crippen LogP contribution >= 0.6 is 0 Å². The third kappa shape index (κ3) is 5.39. The third-order valence-corrected chi connectivity index (χ3v) is 4.73. The summed E-state index contributed by atoms with van der Waals surface area (Å²) in [5.41, 5.74) is 0. The molecule has 120 valence electrons. The van der Waals surface area contributed by atoms with Crippen LogP contribution in [0.4, 0.5) is 0 Å². The molecular weight excluding hydrogens is 290 g/mol. The van der Waals surface area contributed by atoms with Crippen molar-refractivity contribution in [2.75, 3.05) is 38.5 Å². The third-order valence-electron chi connectivity index (χ3n) is 3.88. The maximum absolute atomic E-state index is 10.9. The van der Waals surface area contributed by atoms with E-state index >= 15 is 0 Å². The van der Waals surface area contributed by atoms with E-state index in [9.17, 15) is 8.42 Å². The van der Waals surface area contributed by atoms with Crippen LogP contribution in [0.25, 0.3) is 0 Å². The van der Waals surface area contributed by atoms with Gasteiger partial charge in [0.2, 0.25) is 10.0 Å². The van der Waals surface area contributed by atoms with Gasteiger partial charge in [0.05, 0.1) is 12.3 Å². The van der Waals surface area contributed by atoms with Gasteiger partial charge in [0.1, 0.15) is 5.82 Å². The second-order valence-corrected chi connectivity index (χ2v) is 7.20. The number of hydrogen-bond acceptors (Lipinski definition) is 5. The predicted octanol–water partition coefficient (Wildman–Crippen LogP) is -0.301. The Balaban J connectivity index is 1.71. The summed E-state index contributed by atoms with van der Waals surface area (Å²) in [6.07, 6.45) is 4.47. The number of nitrogens with two attached hydrogens (primary N) is 1. The van der Waals surface area contributed by atoms with Crippen LogP contribution in [0, 0.1) is 0 Å². The molecule has 0 bridgehead atoms. The minimum absolute atomic E-state index is 0.0706. The molecule has 21 heavy (non-hydrogen) atoms. The lowest BCUT2D eigenvalue weighted by Crippen LogP contribution is -2.46. The molecule has 0 radical (unpaired) electrons. The van der Waals surface area contributed by atoms with E-state index in [-0.39, 0.29) is 5.75 Å². The predicted molar refractivity (Wildman–Crippen MR) is 82.2 cm³/mol. The quantitative estimate of drug-likeness (QED) is 0.747. The van der Waals surface area contributed by atoms with Gasteiger partial charge >= 0.3 is 0 Å². The number of aromatic nitrogens is 2. The summed E-state index contributed by atoms with van der Waals surface area (Å²) in [5, 5.41) is 5.01. The van der Waals surface area contributed by atoms with E-state index in [1.807, 2.05) is 12.4 Å². The first-order valence-electron chi connectivity index (χ1n) is 7.43. The molecule has 0 atom stereocenters. The molecule has 7 nitrogen and oxygen atoms in total. The highest BCUT2D eigenvalue weighted by Gasteiger charge is 2.18. The van der Waals surface area contributed by atoms with Crippen molar-refractivity contribution >= 4 is 10.0 Å². The van der Waals surface area contributed by atoms with Gasteiger partial charge in [0.15, 0.2) is 0 Å². The minimum Gasteiger partial charge on any atom is -0.334 e. The van der Waals surface area contributed by atoms with Crippen LogP contribution in [0.2, 0.25) is 0 Å². The Morgan fingerprint density at radius 3 is 2.52 bits per heavy atom. The van der Waals surface area contributed by atoms with Crippen molar-refractivity contribution in [3.8, 4) is 0 Å². The fraction of sp³-hybridized carbons (Fsp3) is 0.769. The molecule has 0 amide bonds. The van der Waals surface area contributed by atoms with Crippen molar-refractivity contribution in [1.82, 2.24) is 19.4 Å². The van der Waals surface area contributed by atoms with Gasteiger partial charge in [-0.25, -0.2) is 18.5 Å². The normalized spacial score (nSPS) is 18.2. The zero-order valence-electron chi connectivity index (χ0n) is 12.6. The van der Waals surface area contributed by atoms with Crippen LogP contribution in [-0.4, -0.2) is 66.2 Å². The minimum atomic E-state index is -3.33. The van der Waals surface area contributed by atoms with E-state index in [2.05, 4.69) is 26.3 Å². The topological polar surface area (TPSA) is 84.5 Å². The molecule has 1 fully saturated rings. The van der Waals surface area contributed by atoms with Gasteiger partial charge in [-0.3, -0.25) is 4.90 Å². The van der Waals surface area contributed by atoms with Gasteiger partial charge in [-0.05, 0) is 19.9 Å². The smallest absolute Gasteiger partial charge is 0.209 e. The van der Waals surface area contributed by atoms with Crippen molar-refractivity contribution < 1.29 is 8.42 Å². The molecule has 1 aromatic rings. The zero-order chi connectivity index (χ0) is 15.3. The Morgan fingerprint density at radius 2 is 1.90 bits per heavy atom. The number of aryl methyl sites for hydroxylation is 1. The molecule has 0 unspecified atom stereocenters. The van der Waals surface area contributed by atoms with Gasteiger partial charge in [-0.2, -0.15) is 0 Å². The van der Waals surface area contributed by atoms with Crippen LogP contribution in [-0.2, 0) is 23.1 Å². The number of rotatable bonds is 7. The lowest BCUT2D eigenvalue weighted by Gasteiger charge is -2.34. The summed E-state index contributed by atoms with van der Waals surface area (Å²) in [4.78, 5) is 9.10. The zero-order valence-corrected chi connectivity index (χ0v) is 13.4. The largest absolute Gasteiger partial charge is 0.334 e. The molecule has 2 heterocycles. The highest BCUT2D eigenvalue weighted by Crippen LogP contribution is 2.08. The molecule has 0 saturated carbocycles. The summed E-state index contributed by atoms with van der Waals surface area (Å²) in [5.74, 6) is 1.18. The molecule has 8 heteroatoms. The maximum Gasteiger partial charge on any atom is 0.209 e. The Hall–Kier alpha value is -0.960. The molecule has 0 aliphatic carbocycles. The van der Waals surface area contributed by atoms with Crippen LogP contribution in [0.5, 0.6) is 0 Å². The summed E-state index contributed by atoms with van der Waals surface area (Å²) in [7, 11) is -3.33. The van der Waals surface area contributed by atoms with Gasteiger partial charge < -0.3 is 9.47 Å². The van der Waals surface area contributed by atoms with Crippen molar-refractivity contribution in [2.24, 2.45) is 5.14 Å². The second-order valence-electron chi connectivity index (χ2n) is 5.47. The summed E-state index contributed by atoms with van der Waals surface area (Å²) in [6, 6.07) is 0. The van der Waals surface area contributed by atoms with Gasteiger partial charge in [0.25, 0.3) is 0 Å². The molecule has 1 saturated heterocycles. The molecule has 0 spiro atoms. The molecule has 1 aliphatic heterocycles. The number of primary sulfonamides is 1. The monoisotopic (exact) mass is 315 g/mol. The van der Waals surface area contributed by atoms with Gasteiger partial charge in [0, 0.05) is 45.1 Å². The fourth-order valence-corrected chi connectivity index (χ4v) is 3.17. The highest BCUT2D eigenvalue weighted by molar-refractivity contribution is 7.89. The Kier molecular flexibility index (Phi) is 5.74. The SMILES string of the molecule is CCn1ccnc1CN1CCN(CCCS(N)(=O)=O)CC1. The highest BCUT2D eigenvalue weighted by atomic mass is 32.2. The van der Waals surface area contributed by atoms with Gasteiger partial charge in [-0.15, -0.1) is 0 Å². The van der Waals surface area contributed by atoms with Crippen LogP contribution in [0.3, 0.4) is 0 Å². The number of sulfonamides is 1. The van der Waals surface area contributed by atoms with E-state index in [4.69, 9.17) is 5.14 Å². The first-order valence-corrected chi connectivity index (χ1v) is 9.14. The number of imidazole rings is 1. The van der Waals surface area contributed by atoms with Crippen LogP contribution in [0.15, 0.2) is 12.4 Å². The Morgan fingerprint density at radius 1 is 1.24 bits per heavy atom. The Bertz CT molecular complexity index is 535. The maximum atomic E-state index is 10.9. The van der Waals surface area contributed by atoms with E-state index in [1.165, 1.54) is 0 Å². The van der Waals surface area contributed by atoms with E-state index in [0.29, 0.717) is 6.42 Å². The summed E-state index contributed by atoms with van der Waals surface area (Å²) in [6.45, 7) is 8.67. The molecule has 2 rings (SSSR count). The molecule has 1 aromatic heterocycles. The van der Waals surface area contributed by atoms with Crippen molar-refractivity contribution in [2.45, 2.75) is 26.4 Å². The van der Waals surface area contributed by atoms with Gasteiger partial charge in [-0.1, -0.05) is 0 Å². The van der Waals surface area contributed by atoms with E-state index < -0.39 is 10.0 Å². The molecule has 0 aromatic carbocycles. The standard InChI is InChI=1S/C13H25N5O2S/c1-2-18-6-4-15-13(18)12-17-9-7-16(8-10-17)5-3-11-21(14,19)20/h4,6H,2-3,5,7-12H2,1H3,(H2,14,19,20). The second kappa shape index (κ2) is 7.35. The first-order chi connectivity index (χ1) is 9.98. The van der Waals surface area contributed by atoms with E-state index in [1.54, 1.807) is 0 Å². The van der Waals surface area contributed by atoms with Crippen molar-refractivity contribution in [1.29, 1.82) is 0 Å². The lowest BCUT2D eigenvalue weighted by molar-refractivity contribution is 0.124. The average Bonchev–Trinajstić information content (AvgIpc) is 2.86. The number of nitrogens with zero attached hydrogens (tertiary/aromatic N) is 4.